The van der Waals surface area contributed by atoms with Gasteiger partial charge in [0.25, 0.3) is 0 Å². The van der Waals surface area contributed by atoms with Crippen molar-refractivity contribution in [1.29, 1.82) is 0 Å². The lowest BCUT2D eigenvalue weighted by atomic mass is 10.1. The molecule has 142 valence electrons. The van der Waals surface area contributed by atoms with Crippen LogP contribution in [0.5, 0.6) is 0 Å². The Bertz CT molecular complexity index is 1060. The fraction of sp³-hybridized carbons (Fsp3) is 0.208. The van der Waals surface area contributed by atoms with Crippen LogP contribution in [-0.4, -0.2) is 10.5 Å². The van der Waals surface area contributed by atoms with Gasteiger partial charge in [0.05, 0.1) is 6.54 Å². The highest BCUT2D eigenvalue weighted by atomic mass is 32.1. The van der Waals surface area contributed by atoms with Crippen molar-refractivity contribution in [2.24, 2.45) is 0 Å². The van der Waals surface area contributed by atoms with Crippen LogP contribution >= 0.6 is 11.3 Å². The number of benzene rings is 2. The number of fused-ring (bicyclic) bond motifs is 1. The highest BCUT2D eigenvalue weighted by molar-refractivity contribution is 7.09. The molecule has 4 rings (SSSR count). The summed E-state index contributed by atoms with van der Waals surface area (Å²) in [7, 11) is 0. The van der Waals surface area contributed by atoms with E-state index < -0.39 is 0 Å². The van der Waals surface area contributed by atoms with Crippen LogP contribution in [0.2, 0.25) is 0 Å². The van der Waals surface area contributed by atoms with Crippen LogP contribution in [0.1, 0.15) is 28.0 Å². The molecule has 1 amide bonds. The number of amides is 1. The number of aryl methyl sites for hydroxylation is 2. The van der Waals surface area contributed by atoms with E-state index in [2.05, 4.69) is 71.5 Å². The van der Waals surface area contributed by atoms with Crippen molar-refractivity contribution in [2.45, 2.75) is 32.9 Å². The second-order valence-corrected chi connectivity index (χ2v) is 8.17. The topological polar surface area (TPSA) is 34.0 Å². The van der Waals surface area contributed by atoms with E-state index in [1.807, 2.05) is 17.5 Å². The van der Waals surface area contributed by atoms with Gasteiger partial charge >= 0.3 is 0 Å². The summed E-state index contributed by atoms with van der Waals surface area (Å²) < 4.78 is 2.29. The summed E-state index contributed by atoms with van der Waals surface area (Å²) >= 11 is 1.67. The van der Waals surface area contributed by atoms with Gasteiger partial charge in [-0.2, -0.15) is 0 Å². The third-order valence-electron chi connectivity index (χ3n) is 5.01. The van der Waals surface area contributed by atoms with E-state index in [9.17, 15) is 4.79 Å². The second kappa shape index (κ2) is 8.44. The number of hydrogen-bond donors (Lipinski definition) is 1. The quantitative estimate of drug-likeness (QED) is 0.457. The van der Waals surface area contributed by atoms with Gasteiger partial charge in [0.15, 0.2) is 0 Å². The summed E-state index contributed by atoms with van der Waals surface area (Å²) in [4.78, 5) is 13.4. The molecule has 0 bridgehead atoms. The first kappa shape index (κ1) is 18.5. The Balaban J connectivity index is 1.46. The summed E-state index contributed by atoms with van der Waals surface area (Å²) in [5.41, 5.74) is 5.01. The molecule has 0 aliphatic heterocycles. The lowest BCUT2D eigenvalue weighted by Gasteiger charge is -2.06. The third kappa shape index (κ3) is 4.34. The minimum absolute atomic E-state index is 0.101. The first-order valence-corrected chi connectivity index (χ1v) is 10.5. The molecule has 28 heavy (non-hydrogen) atoms. The number of aromatic nitrogens is 1. The Labute approximate surface area is 169 Å². The molecule has 0 fully saturated rings. The molecule has 0 atom stereocenters. The zero-order valence-electron chi connectivity index (χ0n) is 16.0. The van der Waals surface area contributed by atoms with Crippen molar-refractivity contribution in [3.8, 4) is 0 Å². The SMILES string of the molecule is Cc1ccc(Cn2cc(CCC(=O)NCc3cccs3)c3ccccc32)cc1. The Morgan fingerprint density at radius 3 is 2.64 bits per heavy atom. The van der Waals surface area contributed by atoms with Crippen molar-refractivity contribution < 1.29 is 4.79 Å². The molecule has 3 nitrogen and oxygen atoms in total. The lowest BCUT2D eigenvalue weighted by molar-refractivity contribution is -0.121. The standard InChI is InChI=1S/C24H24N2OS/c1-18-8-10-19(11-9-18)16-26-17-20(22-6-2-3-7-23(22)26)12-13-24(27)25-15-21-5-4-14-28-21/h2-11,14,17H,12-13,15-16H2,1H3,(H,25,27). The number of nitrogens with zero attached hydrogens (tertiary/aromatic N) is 1. The Morgan fingerprint density at radius 1 is 1.04 bits per heavy atom. The molecule has 0 spiro atoms. The number of carbonyl (C=O) groups is 1. The highest BCUT2D eigenvalue weighted by Gasteiger charge is 2.10. The Kier molecular flexibility index (Phi) is 5.58. The molecule has 0 saturated carbocycles. The first-order valence-electron chi connectivity index (χ1n) is 9.60. The Hall–Kier alpha value is -2.85. The van der Waals surface area contributed by atoms with Crippen molar-refractivity contribution in [3.63, 3.8) is 0 Å². The van der Waals surface area contributed by atoms with E-state index in [4.69, 9.17) is 0 Å². The van der Waals surface area contributed by atoms with Gasteiger partial charge in [0.1, 0.15) is 0 Å². The number of para-hydroxylation sites is 1. The number of thiophene rings is 1. The summed E-state index contributed by atoms with van der Waals surface area (Å²) in [6.45, 7) is 3.56. The summed E-state index contributed by atoms with van der Waals surface area (Å²) in [5, 5.41) is 6.29. The summed E-state index contributed by atoms with van der Waals surface area (Å²) in [6, 6.07) is 21.2. The van der Waals surface area contributed by atoms with Crippen molar-refractivity contribution in [2.75, 3.05) is 0 Å². The molecule has 0 unspecified atom stereocenters. The summed E-state index contributed by atoms with van der Waals surface area (Å²) in [6.07, 6.45) is 3.46. The number of carbonyl (C=O) groups excluding carboxylic acids is 1. The first-order chi connectivity index (χ1) is 13.7. The van der Waals surface area contributed by atoms with Crippen LogP contribution in [0, 0.1) is 6.92 Å². The van der Waals surface area contributed by atoms with Crippen LogP contribution in [0.4, 0.5) is 0 Å². The highest BCUT2D eigenvalue weighted by Crippen LogP contribution is 2.24. The van der Waals surface area contributed by atoms with Crippen molar-refractivity contribution >= 4 is 28.1 Å². The molecule has 2 aromatic carbocycles. The van der Waals surface area contributed by atoms with E-state index in [1.165, 1.54) is 32.5 Å². The number of hydrogen-bond acceptors (Lipinski definition) is 2. The van der Waals surface area contributed by atoms with Gasteiger partial charge in [-0.25, -0.2) is 0 Å². The van der Waals surface area contributed by atoms with Crippen LogP contribution in [0.3, 0.4) is 0 Å². The molecule has 2 aromatic heterocycles. The molecule has 4 heteroatoms. The Morgan fingerprint density at radius 2 is 1.86 bits per heavy atom. The predicted octanol–water partition coefficient (Wildman–Crippen LogP) is 5.31. The van der Waals surface area contributed by atoms with Crippen molar-refractivity contribution in [1.82, 2.24) is 9.88 Å². The largest absolute Gasteiger partial charge is 0.351 e. The maximum absolute atomic E-state index is 12.3. The number of rotatable bonds is 7. The average molecular weight is 389 g/mol. The van der Waals surface area contributed by atoms with Gasteiger partial charge in [-0.05, 0) is 42.0 Å². The van der Waals surface area contributed by atoms with E-state index in [0.29, 0.717) is 13.0 Å². The minimum atomic E-state index is 0.101. The monoisotopic (exact) mass is 388 g/mol. The normalized spacial score (nSPS) is 11.0. The molecular weight excluding hydrogens is 364 g/mol. The lowest BCUT2D eigenvalue weighted by Crippen LogP contribution is -2.22. The second-order valence-electron chi connectivity index (χ2n) is 7.14. The number of nitrogens with one attached hydrogen (secondary N) is 1. The van der Waals surface area contributed by atoms with Gasteiger partial charge in [-0.1, -0.05) is 54.1 Å². The molecule has 2 heterocycles. The van der Waals surface area contributed by atoms with Crippen LogP contribution in [0.25, 0.3) is 10.9 Å². The molecule has 0 aliphatic carbocycles. The fourth-order valence-corrected chi connectivity index (χ4v) is 4.12. The van der Waals surface area contributed by atoms with E-state index >= 15 is 0 Å². The maximum atomic E-state index is 12.3. The third-order valence-corrected chi connectivity index (χ3v) is 5.88. The smallest absolute Gasteiger partial charge is 0.220 e. The van der Waals surface area contributed by atoms with Gasteiger partial charge in [0, 0.05) is 34.9 Å². The zero-order valence-corrected chi connectivity index (χ0v) is 16.8. The molecule has 0 aliphatic rings. The molecule has 1 N–H and O–H groups in total. The molecule has 0 saturated heterocycles. The van der Waals surface area contributed by atoms with Crippen LogP contribution in [-0.2, 0) is 24.3 Å². The predicted molar refractivity (Wildman–Crippen MR) is 117 cm³/mol. The average Bonchev–Trinajstić information content (AvgIpc) is 3.35. The van der Waals surface area contributed by atoms with Gasteiger partial charge in [-0.15, -0.1) is 11.3 Å². The van der Waals surface area contributed by atoms with Gasteiger partial charge < -0.3 is 9.88 Å². The van der Waals surface area contributed by atoms with E-state index in [0.717, 1.165) is 13.0 Å². The molecule has 4 aromatic rings. The van der Waals surface area contributed by atoms with E-state index in [1.54, 1.807) is 11.3 Å². The van der Waals surface area contributed by atoms with Crippen LogP contribution < -0.4 is 5.32 Å². The molecule has 0 radical (unpaired) electrons. The fourth-order valence-electron chi connectivity index (χ4n) is 3.48. The van der Waals surface area contributed by atoms with Gasteiger partial charge in [0.2, 0.25) is 5.91 Å². The minimum Gasteiger partial charge on any atom is -0.351 e. The molecular formula is C24H24N2OS. The zero-order chi connectivity index (χ0) is 19.3. The van der Waals surface area contributed by atoms with Gasteiger partial charge in [-0.3, -0.25) is 4.79 Å². The van der Waals surface area contributed by atoms with E-state index in [-0.39, 0.29) is 5.91 Å². The maximum Gasteiger partial charge on any atom is 0.220 e. The van der Waals surface area contributed by atoms with Crippen LogP contribution in [0.15, 0.2) is 72.2 Å². The van der Waals surface area contributed by atoms with Crippen molar-refractivity contribution in [3.05, 3.63) is 93.8 Å². The summed E-state index contributed by atoms with van der Waals surface area (Å²) in [5.74, 6) is 0.101.